The van der Waals surface area contributed by atoms with Crippen molar-refractivity contribution in [3.8, 4) is 0 Å². The zero-order valence-corrected chi connectivity index (χ0v) is 38.2. The van der Waals surface area contributed by atoms with Crippen LogP contribution in [-0.4, -0.2) is 15.5 Å². The summed E-state index contributed by atoms with van der Waals surface area (Å²) in [6, 6.07) is 19.7. The summed E-state index contributed by atoms with van der Waals surface area (Å²) in [5.74, 6) is 4.71. The summed E-state index contributed by atoms with van der Waals surface area (Å²) in [7, 11) is -2.24. The Morgan fingerprint density at radius 2 is 0.750 bits per heavy atom. The van der Waals surface area contributed by atoms with E-state index < -0.39 is 7.05 Å². The molecule has 280 valence electrons. The minimum Gasteiger partial charge on any atom is -0.807 e. The molecule has 12 bridgehead atoms. The zero-order valence-electron chi connectivity index (χ0n) is 33.7. The summed E-state index contributed by atoms with van der Waals surface area (Å²) in [6.07, 6.45) is 26.3. The van der Waals surface area contributed by atoms with Crippen LogP contribution in [-0.2, 0) is 25.8 Å². The van der Waals surface area contributed by atoms with E-state index in [9.17, 15) is 5.16 Å². The van der Waals surface area contributed by atoms with Gasteiger partial charge in [-0.05, 0) is 182 Å². The second kappa shape index (κ2) is 13.2. The minimum absolute atomic E-state index is 0. The Morgan fingerprint density at radius 3 is 1.00 bits per heavy atom. The molecule has 0 aromatic heterocycles. The predicted octanol–water partition coefficient (Wildman–Crippen LogP) is 14.4. The van der Waals surface area contributed by atoms with Gasteiger partial charge in [-0.2, -0.15) is 49.2 Å². The van der Waals surface area contributed by atoms with Crippen molar-refractivity contribution in [1.82, 2.24) is 0 Å². The number of hydrogen-bond donors (Lipinski definition) is 0. The number of nitrogens with zero attached hydrogens (tertiary/aromatic N) is 1. The van der Waals surface area contributed by atoms with Gasteiger partial charge in [-0.1, -0.05) is 39.8 Å². The maximum absolute atomic E-state index is 14.7. The summed E-state index contributed by atoms with van der Waals surface area (Å²) in [5, 5.41) is 15.6. The van der Waals surface area contributed by atoms with Crippen LogP contribution in [0.25, 0.3) is 5.16 Å². The molecule has 0 N–H and O–H groups in total. The van der Waals surface area contributed by atoms with Crippen molar-refractivity contribution in [2.75, 3.05) is 0 Å². The van der Waals surface area contributed by atoms with Crippen molar-refractivity contribution < 1.29 is 25.8 Å². The molecular formula is C49H70HfNP. The third-order valence-corrected chi connectivity index (χ3v) is 22.6. The Hall–Kier alpha value is -0.720. The van der Waals surface area contributed by atoms with Gasteiger partial charge in [-0.15, -0.1) is 24.3 Å². The maximum atomic E-state index is 14.7. The molecular weight excluding hydrogens is 812 g/mol. The van der Waals surface area contributed by atoms with Gasteiger partial charge < -0.3 is 12.6 Å². The topological polar surface area (TPSA) is 22.3 Å². The summed E-state index contributed by atoms with van der Waals surface area (Å²) in [4.78, 5) is 0. The molecule has 4 unspecified atom stereocenters. The molecule has 12 fully saturated rings. The van der Waals surface area contributed by atoms with E-state index in [-0.39, 0.29) is 33.3 Å². The first-order chi connectivity index (χ1) is 23.6. The van der Waals surface area contributed by atoms with Gasteiger partial charge >= 0.3 is 25.8 Å². The molecule has 2 aromatic rings. The normalized spacial score (nSPS) is 49.0. The number of rotatable bonds is 3. The number of benzene rings is 2. The molecule has 12 saturated carbocycles. The van der Waals surface area contributed by atoms with Crippen LogP contribution < -0.4 is 0 Å². The fourth-order valence-corrected chi connectivity index (χ4v) is 26.5. The fourth-order valence-electron chi connectivity index (χ4n) is 18.4. The molecule has 3 heteroatoms. The molecule has 0 radical (unpaired) electrons. The summed E-state index contributed by atoms with van der Waals surface area (Å²) in [5.41, 5.74) is 4.20. The van der Waals surface area contributed by atoms with Crippen LogP contribution >= 0.6 is 7.05 Å². The number of hydrogen-bond acceptors (Lipinski definition) is 0. The van der Waals surface area contributed by atoms with E-state index in [1.807, 2.05) is 60.7 Å². The second-order valence-electron chi connectivity index (χ2n) is 22.5. The van der Waals surface area contributed by atoms with E-state index in [1.54, 1.807) is 0 Å². The predicted molar refractivity (Wildman–Crippen MR) is 220 cm³/mol. The van der Waals surface area contributed by atoms with Crippen molar-refractivity contribution in [3.63, 3.8) is 0 Å². The van der Waals surface area contributed by atoms with Gasteiger partial charge in [0.25, 0.3) is 0 Å². The summed E-state index contributed by atoms with van der Waals surface area (Å²) >= 11 is 0. The van der Waals surface area contributed by atoms with Gasteiger partial charge in [0.15, 0.2) is 0 Å². The Bertz CT molecular complexity index is 1480. The molecule has 52 heavy (non-hydrogen) atoms. The van der Waals surface area contributed by atoms with Crippen LogP contribution in [0.15, 0.2) is 60.7 Å². The maximum Gasteiger partial charge on any atom is 4.00 e. The molecule has 0 aliphatic heterocycles. The smallest absolute Gasteiger partial charge is 0.807 e. The van der Waals surface area contributed by atoms with E-state index in [4.69, 9.17) is 0 Å². The first kappa shape index (κ1) is 39.5. The Morgan fingerprint density at radius 1 is 0.462 bits per heavy atom. The average Bonchev–Trinajstić information content (AvgIpc) is 2.98. The fraction of sp³-hybridized carbons (Fsp3) is 0.694. The van der Waals surface area contributed by atoms with Crippen LogP contribution in [0.2, 0.25) is 0 Å². The Labute approximate surface area is 339 Å². The van der Waals surface area contributed by atoms with Gasteiger partial charge in [0.2, 0.25) is 0 Å². The van der Waals surface area contributed by atoms with Crippen LogP contribution in [0.4, 0.5) is 0 Å². The van der Waals surface area contributed by atoms with Crippen molar-refractivity contribution in [2.24, 2.45) is 51.2 Å². The summed E-state index contributed by atoms with van der Waals surface area (Å²) < 4.78 is 0. The van der Waals surface area contributed by atoms with Gasteiger partial charge in [0.1, 0.15) is 0 Å². The molecule has 0 amide bonds. The molecule has 0 saturated heterocycles. The van der Waals surface area contributed by atoms with E-state index in [0.717, 1.165) is 40.7 Å². The van der Waals surface area contributed by atoms with Crippen molar-refractivity contribution in [3.05, 3.63) is 98.2 Å². The SMILES string of the molecule is CC12CC3CC(C)(C1)CC(P(=[N-])(C14CC5CC(CC(C5)C1)C4)C14CC5CC(C)(CC(C)(C5)C1)C4)(C3)C2.[CH2-]c1ccccc1.[CH2-]c1ccccc1.[CH3-].[Hf+4]. The largest absolute Gasteiger partial charge is 4.00 e. The second-order valence-corrected chi connectivity index (χ2v) is 26.6. The van der Waals surface area contributed by atoms with E-state index >= 15 is 0 Å². The standard InChI is InChI=1S/C34H53NP.2C7H7.CH3.Hf/c1-28-8-26-9-29(2,17-28)20-33(15-26,19-28)36(35,32-12-23-5-24(13-32)7-25(6-23)14-32)34-16-27-10-30(3,21-34)18-31(4,11-27)22-34;2*1-7-5-3-2-4-6-7;;/h23-27H,5-22H2,1-4H3;2*2-6H,1H2;1H3;/q4*-1;+4. The first-order valence-corrected chi connectivity index (χ1v) is 22.7. The molecule has 1 nitrogen and oxygen atoms in total. The van der Waals surface area contributed by atoms with Crippen molar-refractivity contribution in [1.29, 1.82) is 0 Å². The van der Waals surface area contributed by atoms with Crippen molar-refractivity contribution in [2.45, 2.75) is 159 Å². The quantitative estimate of drug-likeness (QED) is 0.167. The summed E-state index contributed by atoms with van der Waals surface area (Å²) in [6.45, 7) is 18.2. The van der Waals surface area contributed by atoms with Crippen LogP contribution in [0.3, 0.4) is 0 Å². The minimum atomic E-state index is -2.24. The molecule has 0 spiro atoms. The molecule has 12 aliphatic carbocycles. The third kappa shape index (κ3) is 6.28. The van der Waals surface area contributed by atoms with E-state index in [1.165, 1.54) is 116 Å². The van der Waals surface area contributed by atoms with Gasteiger partial charge in [-0.3, -0.25) is 0 Å². The molecule has 2 aromatic carbocycles. The molecule has 14 rings (SSSR count). The Kier molecular flexibility index (Phi) is 10.0. The average molecular weight is 883 g/mol. The zero-order chi connectivity index (χ0) is 34.8. The van der Waals surface area contributed by atoms with Gasteiger partial charge in [-0.25, -0.2) is 7.05 Å². The Balaban J connectivity index is 0.000000222. The first-order valence-electron chi connectivity index (χ1n) is 20.9. The van der Waals surface area contributed by atoms with Crippen LogP contribution in [0, 0.1) is 72.5 Å². The van der Waals surface area contributed by atoms with E-state index in [0.29, 0.717) is 37.1 Å². The van der Waals surface area contributed by atoms with Gasteiger partial charge in [0, 0.05) is 0 Å². The molecule has 0 heterocycles. The van der Waals surface area contributed by atoms with E-state index in [2.05, 4.69) is 41.5 Å². The van der Waals surface area contributed by atoms with Crippen molar-refractivity contribution >= 4 is 7.05 Å². The monoisotopic (exact) mass is 883 g/mol. The molecule has 4 atom stereocenters. The molecule has 12 aliphatic rings. The van der Waals surface area contributed by atoms with Gasteiger partial charge in [0.05, 0.1) is 0 Å². The van der Waals surface area contributed by atoms with Crippen LogP contribution in [0.1, 0.15) is 154 Å². The third-order valence-electron chi connectivity index (χ3n) is 16.9. The van der Waals surface area contributed by atoms with Crippen LogP contribution in [0.5, 0.6) is 0 Å².